The van der Waals surface area contributed by atoms with E-state index in [4.69, 9.17) is 5.73 Å². The van der Waals surface area contributed by atoms with Gasteiger partial charge in [0.05, 0.1) is 4.92 Å². The summed E-state index contributed by atoms with van der Waals surface area (Å²) in [7, 11) is 0. The van der Waals surface area contributed by atoms with E-state index in [0.29, 0.717) is 0 Å². The van der Waals surface area contributed by atoms with Crippen LogP contribution in [-0.2, 0) is 0 Å². The zero-order valence-electron chi connectivity index (χ0n) is 12.6. The second kappa shape index (κ2) is 8.24. The summed E-state index contributed by atoms with van der Waals surface area (Å²) in [4.78, 5) is 22.6. The number of anilines is 1. The molecular formula is C15H23N3O3. The van der Waals surface area contributed by atoms with Crippen LogP contribution in [0.4, 0.5) is 11.4 Å². The lowest BCUT2D eigenvalue weighted by Crippen LogP contribution is -2.33. The number of para-hydroxylation sites is 1. The molecule has 1 amide bonds. The fourth-order valence-corrected chi connectivity index (χ4v) is 2.20. The fourth-order valence-electron chi connectivity index (χ4n) is 2.20. The van der Waals surface area contributed by atoms with E-state index < -0.39 is 10.8 Å². The molecule has 0 saturated heterocycles. The number of amides is 1. The van der Waals surface area contributed by atoms with Crippen molar-refractivity contribution in [2.24, 2.45) is 0 Å². The topological polar surface area (TPSA) is 98.3 Å². The number of rotatable bonds is 8. The molecule has 6 heteroatoms. The predicted molar refractivity (Wildman–Crippen MR) is 83.2 cm³/mol. The number of nitrogen functional groups attached to an aromatic ring is 1. The number of hydrogen-bond donors (Lipinski definition) is 2. The maximum atomic E-state index is 12.2. The molecule has 0 aliphatic rings. The van der Waals surface area contributed by atoms with Gasteiger partial charge in [-0.25, -0.2) is 0 Å². The molecule has 1 unspecified atom stereocenters. The molecule has 1 aromatic rings. The van der Waals surface area contributed by atoms with Crippen LogP contribution in [0.5, 0.6) is 0 Å². The highest BCUT2D eigenvalue weighted by molar-refractivity contribution is 6.00. The molecule has 116 valence electrons. The predicted octanol–water partition coefficient (Wildman–Crippen LogP) is 3.27. The van der Waals surface area contributed by atoms with Crippen molar-refractivity contribution >= 4 is 17.3 Å². The molecule has 0 aliphatic carbocycles. The summed E-state index contributed by atoms with van der Waals surface area (Å²) in [5, 5.41) is 13.8. The molecule has 0 heterocycles. The van der Waals surface area contributed by atoms with Crippen LogP contribution >= 0.6 is 0 Å². The number of carbonyl (C=O) groups is 1. The Morgan fingerprint density at radius 3 is 2.71 bits per heavy atom. The van der Waals surface area contributed by atoms with Crippen molar-refractivity contribution in [3.63, 3.8) is 0 Å². The lowest BCUT2D eigenvalue weighted by atomic mass is 10.1. The zero-order valence-corrected chi connectivity index (χ0v) is 12.6. The van der Waals surface area contributed by atoms with Crippen molar-refractivity contribution < 1.29 is 9.72 Å². The Balaban J connectivity index is 2.68. The molecule has 0 bridgehead atoms. The van der Waals surface area contributed by atoms with Gasteiger partial charge in [-0.05, 0) is 25.5 Å². The number of unbranched alkanes of at least 4 members (excludes halogenated alkanes) is 3. The number of nitrogens with one attached hydrogen (secondary N) is 1. The minimum atomic E-state index is -0.615. The molecule has 21 heavy (non-hydrogen) atoms. The van der Waals surface area contributed by atoms with Crippen molar-refractivity contribution in [2.45, 2.75) is 52.0 Å². The first-order valence-electron chi connectivity index (χ1n) is 7.31. The maximum Gasteiger partial charge on any atom is 0.304 e. The van der Waals surface area contributed by atoms with Crippen LogP contribution < -0.4 is 11.1 Å². The summed E-state index contributed by atoms with van der Waals surface area (Å²) in [6.45, 7) is 4.05. The van der Waals surface area contributed by atoms with Crippen LogP contribution in [0.15, 0.2) is 18.2 Å². The number of nitro groups is 1. The summed E-state index contributed by atoms with van der Waals surface area (Å²) in [6, 6.07) is 4.37. The minimum Gasteiger partial charge on any atom is -0.393 e. The first-order valence-corrected chi connectivity index (χ1v) is 7.31. The SMILES string of the molecule is CCCCCCC(C)NC(=O)c1cccc(N)c1[N+](=O)[O-]. The van der Waals surface area contributed by atoms with Crippen LogP contribution in [0.2, 0.25) is 0 Å². The van der Waals surface area contributed by atoms with Gasteiger partial charge in [-0.1, -0.05) is 38.7 Å². The van der Waals surface area contributed by atoms with E-state index >= 15 is 0 Å². The van der Waals surface area contributed by atoms with Crippen LogP contribution in [-0.4, -0.2) is 16.9 Å². The molecular weight excluding hydrogens is 270 g/mol. The quantitative estimate of drug-likeness (QED) is 0.332. The third-order valence-electron chi connectivity index (χ3n) is 3.36. The normalized spacial score (nSPS) is 11.9. The van der Waals surface area contributed by atoms with Gasteiger partial charge in [0.1, 0.15) is 11.3 Å². The number of hydrogen-bond acceptors (Lipinski definition) is 4. The Hall–Kier alpha value is -2.11. The van der Waals surface area contributed by atoms with Gasteiger partial charge in [-0.15, -0.1) is 0 Å². The summed E-state index contributed by atoms with van der Waals surface area (Å²) in [5.74, 6) is -0.447. The highest BCUT2D eigenvalue weighted by Gasteiger charge is 2.23. The van der Waals surface area contributed by atoms with E-state index in [0.717, 1.165) is 25.7 Å². The molecule has 0 spiro atoms. The maximum absolute atomic E-state index is 12.2. The highest BCUT2D eigenvalue weighted by Crippen LogP contribution is 2.25. The van der Waals surface area contributed by atoms with Crippen LogP contribution in [0.25, 0.3) is 0 Å². The summed E-state index contributed by atoms with van der Waals surface area (Å²) in [6.07, 6.45) is 5.38. The van der Waals surface area contributed by atoms with E-state index in [2.05, 4.69) is 12.2 Å². The van der Waals surface area contributed by atoms with Crippen LogP contribution in [0.3, 0.4) is 0 Å². The molecule has 0 saturated carbocycles. The average molecular weight is 293 g/mol. The van der Waals surface area contributed by atoms with Crippen molar-refractivity contribution in [1.82, 2.24) is 5.32 Å². The molecule has 3 N–H and O–H groups in total. The van der Waals surface area contributed by atoms with E-state index in [9.17, 15) is 14.9 Å². The molecule has 0 aromatic heterocycles. The van der Waals surface area contributed by atoms with Gasteiger partial charge < -0.3 is 11.1 Å². The molecule has 0 fully saturated rings. The third-order valence-corrected chi connectivity index (χ3v) is 3.36. The second-order valence-electron chi connectivity index (χ2n) is 5.22. The fraction of sp³-hybridized carbons (Fsp3) is 0.533. The Labute approximate surface area is 124 Å². The first kappa shape index (κ1) is 16.9. The van der Waals surface area contributed by atoms with Gasteiger partial charge in [0.25, 0.3) is 5.91 Å². The standard InChI is InChI=1S/C15H23N3O3/c1-3-4-5-6-8-11(2)17-15(19)12-9-7-10-13(16)14(12)18(20)21/h7,9-11H,3-6,8,16H2,1-2H3,(H,17,19). The Kier molecular flexibility index (Phi) is 6.65. The number of benzene rings is 1. The van der Waals surface area contributed by atoms with Gasteiger partial charge in [0, 0.05) is 6.04 Å². The molecule has 1 aromatic carbocycles. The summed E-state index contributed by atoms with van der Waals surface area (Å²) < 4.78 is 0. The van der Waals surface area contributed by atoms with E-state index in [1.54, 1.807) is 6.07 Å². The second-order valence-corrected chi connectivity index (χ2v) is 5.22. The van der Waals surface area contributed by atoms with Gasteiger partial charge in [-0.3, -0.25) is 14.9 Å². The van der Waals surface area contributed by atoms with Gasteiger partial charge in [-0.2, -0.15) is 0 Å². The van der Waals surface area contributed by atoms with Crippen molar-refractivity contribution in [2.75, 3.05) is 5.73 Å². The Bertz CT molecular complexity index is 503. The lowest BCUT2D eigenvalue weighted by molar-refractivity contribution is -0.384. The van der Waals surface area contributed by atoms with Gasteiger partial charge in [0.2, 0.25) is 0 Å². The number of carbonyl (C=O) groups excluding carboxylic acids is 1. The largest absolute Gasteiger partial charge is 0.393 e. The number of nitrogens with zero attached hydrogens (tertiary/aromatic N) is 1. The molecule has 1 atom stereocenters. The van der Waals surface area contributed by atoms with Gasteiger partial charge >= 0.3 is 5.69 Å². The zero-order chi connectivity index (χ0) is 15.8. The third kappa shape index (κ3) is 5.06. The average Bonchev–Trinajstić information content (AvgIpc) is 2.42. The highest BCUT2D eigenvalue weighted by atomic mass is 16.6. The van der Waals surface area contributed by atoms with E-state index in [-0.39, 0.29) is 23.0 Å². The first-order chi connectivity index (χ1) is 9.97. The van der Waals surface area contributed by atoms with Crippen molar-refractivity contribution in [1.29, 1.82) is 0 Å². The smallest absolute Gasteiger partial charge is 0.304 e. The van der Waals surface area contributed by atoms with E-state index in [1.807, 2.05) is 6.92 Å². The molecule has 0 aliphatic heterocycles. The number of nitro benzene ring substituents is 1. The Morgan fingerprint density at radius 1 is 1.38 bits per heavy atom. The molecule has 1 rings (SSSR count). The summed E-state index contributed by atoms with van der Waals surface area (Å²) in [5.41, 5.74) is 5.27. The van der Waals surface area contributed by atoms with Crippen molar-refractivity contribution in [3.05, 3.63) is 33.9 Å². The Morgan fingerprint density at radius 2 is 2.10 bits per heavy atom. The van der Waals surface area contributed by atoms with Gasteiger partial charge in [0.15, 0.2) is 0 Å². The number of nitrogens with two attached hydrogens (primary N) is 1. The van der Waals surface area contributed by atoms with E-state index in [1.165, 1.54) is 18.6 Å². The minimum absolute atomic E-state index is 0.00301. The molecule has 0 radical (unpaired) electrons. The molecule has 6 nitrogen and oxygen atoms in total. The van der Waals surface area contributed by atoms with Crippen LogP contribution in [0.1, 0.15) is 56.3 Å². The summed E-state index contributed by atoms with van der Waals surface area (Å²) >= 11 is 0. The monoisotopic (exact) mass is 293 g/mol. The van der Waals surface area contributed by atoms with Crippen LogP contribution in [0, 0.1) is 10.1 Å². The lowest BCUT2D eigenvalue weighted by Gasteiger charge is -2.14. The van der Waals surface area contributed by atoms with Crippen molar-refractivity contribution in [3.8, 4) is 0 Å².